The fraction of sp³-hybridized carbons (Fsp3) is 0.136. The van der Waals surface area contributed by atoms with Crippen molar-refractivity contribution < 1.29 is 14.3 Å². The van der Waals surface area contributed by atoms with Gasteiger partial charge in [-0.3, -0.25) is 9.59 Å². The number of carbonyl (C=O) groups excluding carboxylic acids is 2. The Morgan fingerprint density at radius 3 is 2.30 bits per heavy atom. The fourth-order valence-electron chi connectivity index (χ4n) is 2.52. The van der Waals surface area contributed by atoms with Crippen molar-refractivity contribution in [1.82, 2.24) is 4.98 Å². The lowest BCUT2D eigenvalue weighted by Crippen LogP contribution is -2.13. The van der Waals surface area contributed by atoms with Crippen LogP contribution < -0.4 is 10.1 Å². The molecule has 0 saturated carbocycles. The smallest absolute Gasteiger partial charge is 0.257 e. The van der Waals surface area contributed by atoms with E-state index in [1.807, 2.05) is 32.0 Å². The van der Waals surface area contributed by atoms with Crippen LogP contribution in [0.2, 0.25) is 0 Å². The first kappa shape index (κ1) is 18.3. The number of ether oxygens (including phenoxy) is 1. The van der Waals surface area contributed by atoms with Gasteiger partial charge in [-0.05, 0) is 32.0 Å². The van der Waals surface area contributed by atoms with Crippen molar-refractivity contribution in [3.63, 3.8) is 0 Å². The molecule has 136 valence electrons. The Balaban J connectivity index is 1.72. The number of carbonyl (C=O) groups is 2. The van der Waals surface area contributed by atoms with E-state index in [1.54, 1.807) is 48.5 Å². The van der Waals surface area contributed by atoms with Crippen LogP contribution in [0.15, 0.2) is 72.9 Å². The first-order valence-corrected chi connectivity index (χ1v) is 8.67. The van der Waals surface area contributed by atoms with Crippen LogP contribution >= 0.6 is 0 Å². The van der Waals surface area contributed by atoms with E-state index in [0.717, 1.165) is 0 Å². The third kappa shape index (κ3) is 4.79. The molecule has 27 heavy (non-hydrogen) atoms. The zero-order valence-corrected chi connectivity index (χ0v) is 15.2. The van der Waals surface area contributed by atoms with E-state index in [1.165, 1.54) is 6.20 Å². The van der Waals surface area contributed by atoms with Gasteiger partial charge in [0.05, 0.1) is 11.7 Å². The van der Waals surface area contributed by atoms with E-state index < -0.39 is 0 Å². The zero-order chi connectivity index (χ0) is 19.2. The molecular formula is C22H20N2O3. The summed E-state index contributed by atoms with van der Waals surface area (Å²) in [6.07, 6.45) is 1.48. The standard InChI is InChI=1S/C22H20N2O3/c1-15(2)27-20-12-11-18(14-23-20)22(26)24-19-10-6-9-17(13-19)21(25)16-7-4-3-5-8-16/h3-15H,1-2H3,(H,24,26). The van der Waals surface area contributed by atoms with Gasteiger partial charge in [0.15, 0.2) is 5.78 Å². The number of anilines is 1. The third-order valence-electron chi connectivity index (χ3n) is 3.77. The van der Waals surface area contributed by atoms with Gasteiger partial charge in [0.2, 0.25) is 5.88 Å². The average molecular weight is 360 g/mol. The second kappa shape index (κ2) is 8.27. The molecule has 0 fully saturated rings. The summed E-state index contributed by atoms with van der Waals surface area (Å²) in [5.41, 5.74) is 2.07. The van der Waals surface area contributed by atoms with Crippen molar-refractivity contribution in [1.29, 1.82) is 0 Å². The van der Waals surface area contributed by atoms with Crippen LogP contribution in [0.5, 0.6) is 5.88 Å². The van der Waals surface area contributed by atoms with Gasteiger partial charge < -0.3 is 10.1 Å². The largest absolute Gasteiger partial charge is 0.475 e. The highest BCUT2D eigenvalue weighted by Gasteiger charge is 2.11. The van der Waals surface area contributed by atoms with E-state index in [4.69, 9.17) is 4.74 Å². The topological polar surface area (TPSA) is 68.3 Å². The maximum absolute atomic E-state index is 12.5. The van der Waals surface area contributed by atoms with E-state index in [9.17, 15) is 9.59 Å². The summed E-state index contributed by atoms with van der Waals surface area (Å²) < 4.78 is 5.47. The molecule has 0 radical (unpaired) electrons. The second-order valence-corrected chi connectivity index (χ2v) is 6.28. The molecule has 0 aliphatic carbocycles. The Morgan fingerprint density at radius 2 is 1.63 bits per heavy atom. The quantitative estimate of drug-likeness (QED) is 0.664. The molecule has 1 heterocycles. The zero-order valence-electron chi connectivity index (χ0n) is 15.2. The first-order chi connectivity index (χ1) is 13.0. The van der Waals surface area contributed by atoms with Crippen LogP contribution in [-0.4, -0.2) is 22.8 Å². The number of hydrogen-bond acceptors (Lipinski definition) is 4. The molecule has 3 rings (SSSR count). The molecule has 0 unspecified atom stereocenters. The third-order valence-corrected chi connectivity index (χ3v) is 3.77. The van der Waals surface area contributed by atoms with Gasteiger partial charge in [0, 0.05) is 29.1 Å². The van der Waals surface area contributed by atoms with Crippen LogP contribution in [0.4, 0.5) is 5.69 Å². The molecule has 5 nitrogen and oxygen atoms in total. The van der Waals surface area contributed by atoms with Gasteiger partial charge in [-0.1, -0.05) is 42.5 Å². The van der Waals surface area contributed by atoms with E-state index in [0.29, 0.717) is 28.3 Å². The highest BCUT2D eigenvalue weighted by atomic mass is 16.5. The van der Waals surface area contributed by atoms with Crippen molar-refractivity contribution in [2.24, 2.45) is 0 Å². The van der Waals surface area contributed by atoms with Crippen LogP contribution in [0.3, 0.4) is 0 Å². The van der Waals surface area contributed by atoms with Gasteiger partial charge in [0.25, 0.3) is 5.91 Å². The minimum absolute atomic E-state index is 0.0158. The molecular weight excluding hydrogens is 340 g/mol. The fourth-order valence-corrected chi connectivity index (χ4v) is 2.52. The normalized spacial score (nSPS) is 10.5. The lowest BCUT2D eigenvalue weighted by molar-refractivity contribution is 0.102. The number of pyridine rings is 1. The van der Waals surface area contributed by atoms with Crippen LogP contribution in [0, 0.1) is 0 Å². The molecule has 0 aliphatic rings. The SMILES string of the molecule is CC(C)Oc1ccc(C(=O)Nc2cccc(C(=O)c3ccccc3)c2)cn1. The summed E-state index contributed by atoms with van der Waals surface area (Å²) in [5, 5.41) is 2.79. The lowest BCUT2D eigenvalue weighted by Gasteiger charge is -2.10. The van der Waals surface area contributed by atoms with E-state index >= 15 is 0 Å². The maximum Gasteiger partial charge on any atom is 0.257 e. The minimum Gasteiger partial charge on any atom is -0.475 e. The van der Waals surface area contributed by atoms with Crippen molar-refractivity contribution in [2.75, 3.05) is 5.32 Å². The second-order valence-electron chi connectivity index (χ2n) is 6.28. The molecule has 1 aromatic heterocycles. The Labute approximate surface area is 158 Å². The Kier molecular flexibility index (Phi) is 5.61. The molecule has 0 bridgehead atoms. The number of nitrogens with zero attached hydrogens (tertiary/aromatic N) is 1. The summed E-state index contributed by atoms with van der Waals surface area (Å²) in [6.45, 7) is 3.82. The van der Waals surface area contributed by atoms with Gasteiger partial charge in [-0.25, -0.2) is 4.98 Å². The Hall–Kier alpha value is -3.47. The molecule has 1 amide bonds. The first-order valence-electron chi connectivity index (χ1n) is 8.67. The number of amides is 1. The van der Waals surface area contributed by atoms with Gasteiger partial charge in [-0.15, -0.1) is 0 Å². The van der Waals surface area contributed by atoms with Crippen LogP contribution in [0.25, 0.3) is 0 Å². The molecule has 1 N–H and O–H groups in total. The molecule has 0 saturated heterocycles. The van der Waals surface area contributed by atoms with Crippen LogP contribution in [0.1, 0.15) is 40.1 Å². The monoisotopic (exact) mass is 360 g/mol. The van der Waals surface area contributed by atoms with Crippen molar-refractivity contribution in [3.05, 3.63) is 89.6 Å². The number of rotatable bonds is 6. The summed E-state index contributed by atoms with van der Waals surface area (Å²) >= 11 is 0. The van der Waals surface area contributed by atoms with Crippen LogP contribution in [-0.2, 0) is 0 Å². The minimum atomic E-state index is -0.303. The van der Waals surface area contributed by atoms with Crippen molar-refractivity contribution in [3.8, 4) is 5.88 Å². The number of benzene rings is 2. The highest BCUT2D eigenvalue weighted by molar-refractivity contribution is 6.10. The molecule has 0 atom stereocenters. The lowest BCUT2D eigenvalue weighted by atomic mass is 10.0. The Morgan fingerprint density at radius 1 is 0.889 bits per heavy atom. The summed E-state index contributed by atoms with van der Waals surface area (Å²) in [5.74, 6) is 0.0727. The van der Waals surface area contributed by atoms with Gasteiger partial charge >= 0.3 is 0 Å². The van der Waals surface area contributed by atoms with Crippen molar-refractivity contribution >= 4 is 17.4 Å². The summed E-state index contributed by atoms with van der Waals surface area (Å²) in [6, 6.07) is 19.2. The number of hydrogen-bond donors (Lipinski definition) is 1. The average Bonchev–Trinajstić information content (AvgIpc) is 2.68. The summed E-state index contributed by atoms with van der Waals surface area (Å²) in [7, 11) is 0. The van der Waals surface area contributed by atoms with Gasteiger partial charge in [-0.2, -0.15) is 0 Å². The Bertz CT molecular complexity index is 935. The molecule has 5 heteroatoms. The highest BCUT2D eigenvalue weighted by Crippen LogP contribution is 2.16. The number of aromatic nitrogens is 1. The molecule has 0 aliphatic heterocycles. The van der Waals surface area contributed by atoms with Gasteiger partial charge in [0.1, 0.15) is 0 Å². The number of ketones is 1. The summed E-state index contributed by atoms with van der Waals surface area (Å²) in [4.78, 5) is 29.1. The predicted molar refractivity (Wildman–Crippen MR) is 104 cm³/mol. The van der Waals surface area contributed by atoms with E-state index in [2.05, 4.69) is 10.3 Å². The predicted octanol–water partition coefficient (Wildman–Crippen LogP) is 4.35. The molecule has 3 aromatic rings. The van der Waals surface area contributed by atoms with E-state index in [-0.39, 0.29) is 17.8 Å². The maximum atomic E-state index is 12.5. The molecule has 0 spiro atoms. The molecule has 2 aromatic carbocycles. The van der Waals surface area contributed by atoms with Crippen molar-refractivity contribution in [2.45, 2.75) is 20.0 Å². The number of nitrogens with one attached hydrogen (secondary N) is 1.